The Hall–Kier alpha value is -8.64. The number of nitriles is 2. The van der Waals surface area contributed by atoms with Gasteiger partial charge in [-0.2, -0.15) is 10.5 Å². The van der Waals surface area contributed by atoms with Crippen molar-refractivity contribution in [2.24, 2.45) is 0 Å². The van der Waals surface area contributed by atoms with Gasteiger partial charge in [0.1, 0.15) is 0 Å². The van der Waals surface area contributed by atoms with Gasteiger partial charge in [-0.25, -0.2) is 0 Å². The molecule has 0 atom stereocenters. The topological polar surface area (TPSA) is 62.4 Å². The van der Waals surface area contributed by atoms with E-state index in [1.807, 2.05) is 36.4 Å². The highest BCUT2D eigenvalue weighted by atomic mass is 15.1. The van der Waals surface area contributed by atoms with Crippen LogP contribution in [0.25, 0.3) is 99.0 Å². The van der Waals surface area contributed by atoms with E-state index in [2.05, 4.69) is 203 Å². The van der Waals surface area contributed by atoms with Gasteiger partial charge >= 0.3 is 0 Å². The molecule has 0 aliphatic carbocycles. The minimum atomic E-state index is -0.795. The fraction of sp³-hybridized carbons (Fsp3) is 0.0508. The summed E-state index contributed by atoms with van der Waals surface area (Å²) >= 11 is 0. The third-order valence-electron chi connectivity index (χ3n) is 13.2. The zero-order valence-electron chi connectivity index (χ0n) is 35.3. The highest BCUT2D eigenvalue weighted by Crippen LogP contribution is 2.51. The van der Waals surface area contributed by atoms with Crippen molar-refractivity contribution in [3.8, 4) is 45.8 Å². The number of nitrogens with zero attached hydrogens (tertiary/aromatic N) is 5. The van der Waals surface area contributed by atoms with Crippen molar-refractivity contribution in [1.29, 1.82) is 10.5 Å². The van der Waals surface area contributed by atoms with Gasteiger partial charge in [-0.3, -0.25) is 0 Å². The van der Waals surface area contributed by atoms with E-state index in [1.54, 1.807) is 0 Å². The lowest BCUT2D eigenvalue weighted by atomic mass is 9.82. The minimum Gasteiger partial charge on any atom is -0.330 e. The third-order valence-corrected chi connectivity index (χ3v) is 13.2. The highest BCUT2D eigenvalue weighted by molar-refractivity contribution is 6.13. The molecule has 0 aliphatic heterocycles. The van der Waals surface area contributed by atoms with E-state index in [4.69, 9.17) is 0 Å². The number of fused-ring (bicyclic) bond motifs is 9. The van der Waals surface area contributed by atoms with Crippen molar-refractivity contribution < 1.29 is 0 Å². The van der Waals surface area contributed by atoms with Crippen molar-refractivity contribution in [2.75, 3.05) is 0 Å². The summed E-state index contributed by atoms with van der Waals surface area (Å²) < 4.78 is 7.47. The maximum atomic E-state index is 10.4. The second kappa shape index (κ2) is 14.2. The van der Waals surface area contributed by atoms with Crippen LogP contribution in [0.5, 0.6) is 0 Å². The number of aromatic nitrogens is 3. The van der Waals surface area contributed by atoms with E-state index in [9.17, 15) is 10.5 Å². The van der Waals surface area contributed by atoms with E-state index in [0.717, 1.165) is 93.8 Å². The smallest absolute Gasteiger partial charge is 0.0991 e. The molecule has 0 N–H and O–H groups in total. The summed E-state index contributed by atoms with van der Waals surface area (Å²) in [6, 6.07) is 75.4. The molecular weight excluding hydrogens is 779 g/mol. The van der Waals surface area contributed by atoms with Crippen LogP contribution in [-0.4, -0.2) is 13.7 Å². The molecule has 12 aromatic rings. The predicted molar refractivity (Wildman–Crippen MR) is 263 cm³/mol. The maximum Gasteiger partial charge on any atom is 0.0991 e. The largest absolute Gasteiger partial charge is 0.330 e. The van der Waals surface area contributed by atoms with Gasteiger partial charge in [0.15, 0.2) is 0 Å². The number of rotatable bonds is 6. The van der Waals surface area contributed by atoms with Gasteiger partial charge in [0, 0.05) is 60.0 Å². The molecule has 5 nitrogen and oxygen atoms in total. The molecule has 12 rings (SSSR count). The summed E-state index contributed by atoms with van der Waals surface area (Å²) in [7, 11) is 0. The molecule has 9 aromatic carbocycles. The highest BCUT2D eigenvalue weighted by Gasteiger charge is 2.38. The molecule has 3 aromatic heterocycles. The number of hydrogen-bond acceptors (Lipinski definition) is 2. The SMILES string of the molecule is CC(C)(c1c(-n2c3ccccc3c3ccccc32)c(-c2cccc(C#N)c2)cc(-c2cccc(C#N)c2)c1-n1c2ccccc2c2ccccc21)n1c2ccccc2c2ccccc21. The van der Waals surface area contributed by atoms with Crippen molar-refractivity contribution in [1.82, 2.24) is 13.7 Å². The Morgan fingerprint density at radius 2 is 0.672 bits per heavy atom. The van der Waals surface area contributed by atoms with Crippen LogP contribution in [0.4, 0.5) is 0 Å². The standard InChI is InChI=1S/C59H39N5/c1-59(2,64-54-31-13-7-25-46(54)47-26-8-14-32-55(47)64)56-57(62-50-27-9-3-21-42(50)43-22-4-10-28-51(43)62)48(40-19-15-17-38(33-40)36-60)35-49(41-20-16-18-39(34-41)37-61)58(56)63-52-29-11-5-23-44(52)45-24-6-12-30-53(45)63/h3-35H,1-2H3. The summed E-state index contributed by atoms with van der Waals surface area (Å²) in [5.74, 6) is 0. The van der Waals surface area contributed by atoms with Gasteiger partial charge in [-0.05, 0) is 91.7 Å². The van der Waals surface area contributed by atoms with Crippen LogP contribution in [0.15, 0.2) is 200 Å². The zero-order valence-corrected chi connectivity index (χ0v) is 35.3. The van der Waals surface area contributed by atoms with Crippen molar-refractivity contribution in [3.63, 3.8) is 0 Å². The molecular formula is C59H39N5. The van der Waals surface area contributed by atoms with Crippen LogP contribution in [0, 0.1) is 22.7 Å². The Bertz CT molecular complexity index is 3620. The average Bonchev–Trinajstić information content (AvgIpc) is 3.99. The molecule has 0 amide bonds. The molecule has 0 spiro atoms. The molecule has 5 heteroatoms. The molecule has 300 valence electrons. The van der Waals surface area contributed by atoms with Gasteiger partial charge in [0.05, 0.1) is 62.2 Å². The van der Waals surface area contributed by atoms with Gasteiger partial charge in [-0.1, -0.05) is 133 Å². The first-order valence-corrected chi connectivity index (χ1v) is 21.6. The predicted octanol–water partition coefficient (Wildman–Crippen LogP) is 14.8. The summed E-state index contributed by atoms with van der Waals surface area (Å²) in [5, 5.41) is 27.8. The van der Waals surface area contributed by atoms with E-state index in [1.165, 1.54) is 10.8 Å². The summed E-state index contributed by atoms with van der Waals surface area (Å²) in [6.45, 7) is 4.72. The number of para-hydroxylation sites is 6. The van der Waals surface area contributed by atoms with Gasteiger partial charge < -0.3 is 13.7 Å². The Morgan fingerprint density at radius 1 is 0.359 bits per heavy atom. The van der Waals surface area contributed by atoms with Crippen LogP contribution in [0.1, 0.15) is 30.5 Å². The van der Waals surface area contributed by atoms with Crippen molar-refractivity contribution in [2.45, 2.75) is 19.4 Å². The van der Waals surface area contributed by atoms with Gasteiger partial charge in [0.2, 0.25) is 0 Å². The first kappa shape index (κ1) is 37.1. The monoisotopic (exact) mass is 817 g/mol. The third kappa shape index (κ3) is 5.35. The maximum absolute atomic E-state index is 10.4. The van der Waals surface area contributed by atoms with E-state index < -0.39 is 5.54 Å². The molecule has 0 unspecified atom stereocenters. The van der Waals surface area contributed by atoms with E-state index in [-0.39, 0.29) is 0 Å². The Labute approximate surface area is 370 Å². The molecule has 0 radical (unpaired) electrons. The molecule has 0 saturated heterocycles. The quantitative estimate of drug-likeness (QED) is 0.168. The van der Waals surface area contributed by atoms with Gasteiger partial charge in [-0.15, -0.1) is 0 Å². The first-order chi connectivity index (χ1) is 31.5. The lowest BCUT2D eigenvalue weighted by molar-refractivity contribution is 0.462. The van der Waals surface area contributed by atoms with Crippen LogP contribution in [0.3, 0.4) is 0 Å². The fourth-order valence-corrected chi connectivity index (χ4v) is 10.6. The molecule has 0 fully saturated rings. The van der Waals surface area contributed by atoms with Crippen molar-refractivity contribution in [3.05, 3.63) is 217 Å². The van der Waals surface area contributed by atoms with Crippen LogP contribution >= 0.6 is 0 Å². The minimum absolute atomic E-state index is 0.577. The van der Waals surface area contributed by atoms with Gasteiger partial charge in [0.25, 0.3) is 0 Å². The number of hydrogen-bond donors (Lipinski definition) is 0. The Kier molecular flexibility index (Phi) is 8.25. The molecule has 64 heavy (non-hydrogen) atoms. The first-order valence-electron chi connectivity index (χ1n) is 21.6. The second-order valence-corrected chi connectivity index (χ2v) is 17.1. The van der Waals surface area contributed by atoms with Crippen LogP contribution in [-0.2, 0) is 5.54 Å². The lowest BCUT2D eigenvalue weighted by Gasteiger charge is -2.37. The van der Waals surface area contributed by atoms with Crippen LogP contribution < -0.4 is 0 Å². The molecule has 3 heterocycles. The fourth-order valence-electron chi connectivity index (χ4n) is 10.6. The number of benzene rings is 9. The Morgan fingerprint density at radius 3 is 1.02 bits per heavy atom. The van der Waals surface area contributed by atoms with Crippen molar-refractivity contribution >= 4 is 65.4 Å². The summed E-state index contributed by atoms with van der Waals surface area (Å²) in [4.78, 5) is 0. The summed E-state index contributed by atoms with van der Waals surface area (Å²) in [6.07, 6.45) is 0. The van der Waals surface area contributed by atoms with E-state index in [0.29, 0.717) is 11.1 Å². The zero-order chi connectivity index (χ0) is 43.1. The summed E-state index contributed by atoms with van der Waals surface area (Å²) in [5.41, 5.74) is 13.8. The molecule has 0 bridgehead atoms. The lowest BCUT2D eigenvalue weighted by Crippen LogP contribution is -2.31. The molecule has 0 saturated carbocycles. The van der Waals surface area contributed by atoms with Crippen LogP contribution in [0.2, 0.25) is 0 Å². The average molecular weight is 818 g/mol. The van der Waals surface area contributed by atoms with E-state index >= 15 is 0 Å². The normalized spacial score (nSPS) is 11.9. The Balaban J connectivity index is 1.41. The molecule has 0 aliphatic rings. The second-order valence-electron chi connectivity index (χ2n) is 17.1.